The topological polar surface area (TPSA) is 62.1 Å². The molecule has 0 aliphatic heterocycles. The Bertz CT molecular complexity index is 762. The van der Waals surface area contributed by atoms with Crippen LogP contribution in [0.15, 0.2) is 42.5 Å². The third-order valence-electron chi connectivity index (χ3n) is 2.85. The van der Waals surface area contributed by atoms with E-state index in [1.165, 1.54) is 19.1 Å². The van der Waals surface area contributed by atoms with Crippen LogP contribution in [-0.2, 0) is 11.0 Å². The largest absolute Gasteiger partial charge is 0.454 e. The zero-order valence-corrected chi connectivity index (χ0v) is 11.9. The van der Waals surface area contributed by atoms with E-state index < -0.39 is 11.7 Å². The monoisotopic (exact) mass is 320 g/mol. The standard InChI is InChI=1S/C16H11F3N2O2/c1-10(22)21-14-4-2-3-11(9-20)15(14)23-13-7-5-12(6-8-13)16(17,18)19/h2-8H,1H3,(H,21,22). The summed E-state index contributed by atoms with van der Waals surface area (Å²) < 4.78 is 43.1. The van der Waals surface area contributed by atoms with Crippen LogP contribution in [0, 0.1) is 11.3 Å². The number of carbonyl (C=O) groups is 1. The van der Waals surface area contributed by atoms with E-state index in [9.17, 15) is 18.0 Å². The number of nitrogens with zero attached hydrogens (tertiary/aromatic N) is 1. The Labute approximate surface area is 130 Å². The van der Waals surface area contributed by atoms with Crippen LogP contribution in [0.5, 0.6) is 11.5 Å². The fourth-order valence-electron chi connectivity index (χ4n) is 1.85. The van der Waals surface area contributed by atoms with E-state index in [0.717, 1.165) is 24.3 Å². The molecule has 1 amide bonds. The highest BCUT2D eigenvalue weighted by Crippen LogP contribution is 2.35. The number of nitriles is 1. The Balaban J connectivity index is 2.36. The summed E-state index contributed by atoms with van der Waals surface area (Å²) in [7, 11) is 0. The second kappa shape index (κ2) is 6.40. The van der Waals surface area contributed by atoms with Crippen molar-refractivity contribution < 1.29 is 22.7 Å². The molecule has 0 aliphatic carbocycles. The molecule has 0 saturated heterocycles. The second-order valence-corrected chi connectivity index (χ2v) is 4.60. The molecule has 1 N–H and O–H groups in total. The average molecular weight is 320 g/mol. The van der Waals surface area contributed by atoms with Crippen LogP contribution in [0.25, 0.3) is 0 Å². The molecule has 7 heteroatoms. The van der Waals surface area contributed by atoms with Crippen molar-refractivity contribution in [2.75, 3.05) is 5.32 Å². The number of carbonyl (C=O) groups excluding carboxylic acids is 1. The van der Waals surface area contributed by atoms with E-state index in [1.807, 2.05) is 6.07 Å². The molecular formula is C16H11F3N2O2. The van der Waals surface area contributed by atoms with Crippen LogP contribution < -0.4 is 10.1 Å². The van der Waals surface area contributed by atoms with E-state index >= 15 is 0 Å². The van der Waals surface area contributed by atoms with Gasteiger partial charge in [0.25, 0.3) is 0 Å². The van der Waals surface area contributed by atoms with Crippen LogP contribution in [0.2, 0.25) is 0 Å². The molecule has 0 heterocycles. The molecule has 0 bridgehead atoms. The van der Waals surface area contributed by atoms with Crippen LogP contribution in [0.4, 0.5) is 18.9 Å². The minimum Gasteiger partial charge on any atom is -0.454 e. The van der Waals surface area contributed by atoms with Crippen LogP contribution >= 0.6 is 0 Å². The molecule has 0 spiro atoms. The third-order valence-corrected chi connectivity index (χ3v) is 2.85. The smallest absolute Gasteiger partial charge is 0.416 e. The molecule has 4 nitrogen and oxygen atoms in total. The number of ether oxygens (including phenoxy) is 1. The molecule has 118 valence electrons. The molecule has 0 atom stereocenters. The van der Waals surface area contributed by atoms with Gasteiger partial charge in [-0.05, 0) is 36.4 Å². The van der Waals surface area contributed by atoms with Gasteiger partial charge in [-0.3, -0.25) is 4.79 Å². The fourth-order valence-corrected chi connectivity index (χ4v) is 1.85. The summed E-state index contributed by atoms with van der Waals surface area (Å²) in [4.78, 5) is 11.2. The number of anilines is 1. The maximum absolute atomic E-state index is 12.5. The number of hydrogen-bond donors (Lipinski definition) is 1. The molecule has 0 fully saturated rings. The van der Waals surface area contributed by atoms with E-state index in [4.69, 9.17) is 10.00 Å². The predicted molar refractivity (Wildman–Crippen MR) is 77.0 cm³/mol. The number of hydrogen-bond acceptors (Lipinski definition) is 3. The van der Waals surface area contributed by atoms with Crippen molar-refractivity contribution >= 4 is 11.6 Å². The fraction of sp³-hybridized carbons (Fsp3) is 0.125. The van der Waals surface area contributed by atoms with Gasteiger partial charge >= 0.3 is 6.18 Å². The summed E-state index contributed by atoms with van der Waals surface area (Å²) in [5.41, 5.74) is -0.395. The molecule has 23 heavy (non-hydrogen) atoms. The summed E-state index contributed by atoms with van der Waals surface area (Å²) in [6.45, 7) is 1.29. The molecule has 0 unspecified atom stereocenters. The van der Waals surface area contributed by atoms with Gasteiger partial charge in [-0.1, -0.05) is 6.07 Å². The van der Waals surface area contributed by atoms with Gasteiger partial charge in [0.2, 0.25) is 5.91 Å². The maximum atomic E-state index is 12.5. The number of amides is 1. The lowest BCUT2D eigenvalue weighted by Crippen LogP contribution is -2.07. The molecule has 0 radical (unpaired) electrons. The quantitative estimate of drug-likeness (QED) is 0.915. The summed E-state index contributed by atoms with van der Waals surface area (Å²) >= 11 is 0. The summed E-state index contributed by atoms with van der Waals surface area (Å²) in [5.74, 6) is -0.172. The first-order valence-electron chi connectivity index (χ1n) is 6.47. The van der Waals surface area contributed by atoms with E-state index in [2.05, 4.69) is 5.32 Å². The number of halogens is 3. The summed E-state index contributed by atoms with van der Waals surface area (Å²) in [6, 6.07) is 10.5. The molecule has 2 rings (SSSR count). The van der Waals surface area contributed by atoms with Gasteiger partial charge in [-0.15, -0.1) is 0 Å². The second-order valence-electron chi connectivity index (χ2n) is 4.60. The van der Waals surface area contributed by atoms with E-state index in [1.54, 1.807) is 6.07 Å². The van der Waals surface area contributed by atoms with Crippen LogP contribution in [0.1, 0.15) is 18.1 Å². The van der Waals surface area contributed by atoms with Crippen molar-refractivity contribution in [3.63, 3.8) is 0 Å². The van der Waals surface area contributed by atoms with Crippen molar-refractivity contribution in [3.05, 3.63) is 53.6 Å². The van der Waals surface area contributed by atoms with Gasteiger partial charge in [0.1, 0.15) is 11.8 Å². The van der Waals surface area contributed by atoms with Crippen molar-refractivity contribution in [1.82, 2.24) is 0 Å². The first-order valence-corrected chi connectivity index (χ1v) is 6.47. The molecule has 2 aromatic carbocycles. The summed E-state index contributed by atoms with van der Waals surface area (Å²) in [5, 5.41) is 11.6. The highest BCUT2D eigenvalue weighted by Gasteiger charge is 2.30. The van der Waals surface area contributed by atoms with E-state index in [0.29, 0.717) is 0 Å². The average Bonchev–Trinajstić information content (AvgIpc) is 2.48. The number of rotatable bonds is 3. The number of benzene rings is 2. The first-order chi connectivity index (χ1) is 10.8. The van der Waals surface area contributed by atoms with Gasteiger partial charge in [0.05, 0.1) is 16.8 Å². The van der Waals surface area contributed by atoms with Crippen molar-refractivity contribution in [3.8, 4) is 17.6 Å². The zero-order chi connectivity index (χ0) is 17.0. The molecule has 0 aromatic heterocycles. The van der Waals surface area contributed by atoms with E-state index in [-0.39, 0.29) is 28.7 Å². The number of alkyl halides is 3. The third kappa shape index (κ3) is 4.01. The Morgan fingerprint density at radius 3 is 2.35 bits per heavy atom. The van der Waals surface area contributed by atoms with Crippen molar-refractivity contribution in [2.24, 2.45) is 0 Å². The van der Waals surface area contributed by atoms with Gasteiger partial charge in [0, 0.05) is 6.92 Å². The summed E-state index contributed by atoms with van der Waals surface area (Å²) in [6.07, 6.45) is -4.44. The van der Waals surface area contributed by atoms with Gasteiger partial charge in [0.15, 0.2) is 5.75 Å². The lowest BCUT2D eigenvalue weighted by molar-refractivity contribution is -0.137. The number of para-hydroxylation sites is 1. The molecular weight excluding hydrogens is 309 g/mol. The molecule has 0 saturated carbocycles. The lowest BCUT2D eigenvalue weighted by atomic mass is 10.1. The zero-order valence-electron chi connectivity index (χ0n) is 11.9. The SMILES string of the molecule is CC(=O)Nc1cccc(C#N)c1Oc1ccc(C(F)(F)F)cc1. The lowest BCUT2D eigenvalue weighted by Gasteiger charge is -2.13. The normalized spacial score (nSPS) is 10.7. The van der Waals surface area contributed by atoms with Crippen molar-refractivity contribution in [2.45, 2.75) is 13.1 Å². The Morgan fingerprint density at radius 2 is 1.83 bits per heavy atom. The predicted octanol–water partition coefficient (Wildman–Crippen LogP) is 4.33. The minimum atomic E-state index is -4.44. The van der Waals surface area contributed by atoms with Gasteiger partial charge < -0.3 is 10.1 Å². The molecule has 0 aliphatic rings. The minimum absolute atomic E-state index is 0.0740. The maximum Gasteiger partial charge on any atom is 0.416 e. The van der Waals surface area contributed by atoms with Gasteiger partial charge in [-0.25, -0.2) is 0 Å². The van der Waals surface area contributed by atoms with Crippen LogP contribution in [-0.4, -0.2) is 5.91 Å². The Hall–Kier alpha value is -3.01. The highest BCUT2D eigenvalue weighted by atomic mass is 19.4. The van der Waals surface area contributed by atoms with Crippen molar-refractivity contribution in [1.29, 1.82) is 5.26 Å². The molecule has 2 aromatic rings. The van der Waals surface area contributed by atoms with Crippen LogP contribution in [0.3, 0.4) is 0 Å². The van der Waals surface area contributed by atoms with Gasteiger partial charge in [-0.2, -0.15) is 18.4 Å². The Morgan fingerprint density at radius 1 is 1.17 bits per heavy atom. The Kier molecular flexibility index (Phi) is 4.55. The first kappa shape index (κ1) is 16.4. The number of nitrogens with one attached hydrogen (secondary N) is 1. The highest BCUT2D eigenvalue weighted by molar-refractivity contribution is 5.91.